The van der Waals surface area contributed by atoms with Crippen LogP contribution in [0.15, 0.2) is 12.4 Å². The van der Waals surface area contributed by atoms with Gasteiger partial charge in [0.1, 0.15) is 5.82 Å². The van der Waals surface area contributed by atoms with Gasteiger partial charge in [-0.05, 0) is 63.2 Å². The van der Waals surface area contributed by atoms with Crippen molar-refractivity contribution in [2.45, 2.75) is 56.9 Å². The first kappa shape index (κ1) is 12.0. The van der Waals surface area contributed by atoms with E-state index in [1.807, 2.05) is 6.20 Å². The molecule has 1 unspecified atom stereocenters. The quantitative estimate of drug-likeness (QED) is 0.907. The number of hydrogen-bond acceptors (Lipinski definition) is 2. The van der Waals surface area contributed by atoms with Crippen LogP contribution < -0.4 is 5.73 Å². The topological polar surface area (TPSA) is 43.8 Å². The third kappa shape index (κ3) is 1.70. The van der Waals surface area contributed by atoms with Crippen molar-refractivity contribution in [2.24, 2.45) is 23.5 Å². The molecule has 3 nitrogen and oxygen atoms in total. The summed E-state index contributed by atoms with van der Waals surface area (Å²) in [4.78, 5) is 4.78. The molecule has 0 spiro atoms. The number of rotatable bonds is 3. The molecule has 0 saturated heterocycles. The largest absolute Gasteiger partial charge is 0.330 e. The summed E-state index contributed by atoms with van der Waals surface area (Å²) >= 11 is 0. The van der Waals surface area contributed by atoms with Gasteiger partial charge in [0.15, 0.2) is 0 Å². The zero-order valence-corrected chi connectivity index (χ0v) is 11.9. The van der Waals surface area contributed by atoms with E-state index in [-0.39, 0.29) is 0 Å². The first-order valence-electron chi connectivity index (χ1n) is 7.93. The maximum Gasteiger partial charge on any atom is 0.115 e. The standard InChI is InChI=1S/C16H25N3/c1-11(10-17)19-3-2-18-15(19)16-7-12-4-13(8-16)6-14(5-12)9-16/h2-3,11-14H,4-10,17H2,1H3. The highest BCUT2D eigenvalue weighted by molar-refractivity contribution is 5.19. The van der Waals surface area contributed by atoms with E-state index >= 15 is 0 Å². The lowest BCUT2D eigenvalue weighted by molar-refractivity contribution is -0.0114. The highest BCUT2D eigenvalue weighted by Crippen LogP contribution is 2.60. The fourth-order valence-corrected chi connectivity index (χ4v) is 5.58. The van der Waals surface area contributed by atoms with Crippen molar-refractivity contribution in [3.05, 3.63) is 18.2 Å². The third-order valence-corrected chi connectivity index (χ3v) is 6.00. The summed E-state index contributed by atoms with van der Waals surface area (Å²) in [6.07, 6.45) is 12.8. The van der Waals surface area contributed by atoms with Gasteiger partial charge in [0.2, 0.25) is 0 Å². The van der Waals surface area contributed by atoms with Crippen LogP contribution in [0.1, 0.15) is 57.3 Å². The zero-order valence-electron chi connectivity index (χ0n) is 11.9. The Balaban J connectivity index is 1.74. The molecular formula is C16H25N3. The van der Waals surface area contributed by atoms with Crippen molar-refractivity contribution in [3.63, 3.8) is 0 Å². The van der Waals surface area contributed by atoms with Gasteiger partial charge < -0.3 is 10.3 Å². The van der Waals surface area contributed by atoms with Gasteiger partial charge in [-0.15, -0.1) is 0 Å². The van der Waals surface area contributed by atoms with Crippen LogP contribution in [-0.2, 0) is 5.41 Å². The monoisotopic (exact) mass is 259 g/mol. The van der Waals surface area contributed by atoms with Crippen LogP contribution >= 0.6 is 0 Å². The number of hydrogen-bond donors (Lipinski definition) is 1. The molecule has 1 heterocycles. The van der Waals surface area contributed by atoms with Gasteiger partial charge in [-0.2, -0.15) is 0 Å². The molecule has 5 rings (SSSR count). The first-order valence-corrected chi connectivity index (χ1v) is 7.93. The van der Waals surface area contributed by atoms with Gasteiger partial charge >= 0.3 is 0 Å². The smallest absolute Gasteiger partial charge is 0.115 e. The molecule has 0 aliphatic heterocycles. The van der Waals surface area contributed by atoms with Crippen molar-refractivity contribution in [1.29, 1.82) is 0 Å². The Morgan fingerprint density at radius 1 is 1.26 bits per heavy atom. The summed E-state index contributed by atoms with van der Waals surface area (Å²) in [6, 6.07) is 0.380. The van der Waals surface area contributed by atoms with Crippen LogP contribution in [0.5, 0.6) is 0 Å². The van der Waals surface area contributed by atoms with Gasteiger partial charge in [0, 0.05) is 30.4 Å². The number of aromatic nitrogens is 2. The van der Waals surface area contributed by atoms with E-state index in [0.29, 0.717) is 18.0 Å². The van der Waals surface area contributed by atoms with Gasteiger partial charge in [-0.1, -0.05) is 0 Å². The lowest BCUT2D eigenvalue weighted by atomic mass is 9.49. The Labute approximate surface area is 115 Å². The fraction of sp³-hybridized carbons (Fsp3) is 0.812. The van der Waals surface area contributed by atoms with E-state index in [0.717, 1.165) is 17.8 Å². The second-order valence-electron chi connectivity index (χ2n) is 7.44. The molecule has 3 heteroatoms. The highest BCUT2D eigenvalue weighted by Gasteiger charge is 2.53. The van der Waals surface area contributed by atoms with Crippen LogP contribution in [0.4, 0.5) is 0 Å². The van der Waals surface area contributed by atoms with E-state index in [1.165, 1.54) is 44.3 Å². The molecule has 4 bridgehead atoms. The lowest BCUT2D eigenvalue weighted by Crippen LogP contribution is -2.50. The van der Waals surface area contributed by atoms with E-state index in [1.54, 1.807) is 0 Å². The fourth-order valence-electron chi connectivity index (χ4n) is 5.58. The molecule has 1 atom stereocenters. The molecule has 2 N–H and O–H groups in total. The predicted molar refractivity (Wildman–Crippen MR) is 75.8 cm³/mol. The van der Waals surface area contributed by atoms with Crippen LogP contribution in [-0.4, -0.2) is 16.1 Å². The maximum atomic E-state index is 5.88. The summed E-state index contributed by atoms with van der Waals surface area (Å²) < 4.78 is 2.37. The second-order valence-corrected chi connectivity index (χ2v) is 7.44. The molecule has 0 radical (unpaired) electrons. The van der Waals surface area contributed by atoms with Crippen molar-refractivity contribution < 1.29 is 0 Å². The second kappa shape index (κ2) is 4.08. The minimum absolute atomic E-state index is 0.380. The van der Waals surface area contributed by atoms with Gasteiger partial charge in [0.25, 0.3) is 0 Å². The third-order valence-electron chi connectivity index (χ3n) is 6.00. The molecular weight excluding hydrogens is 234 g/mol. The normalized spacial score (nSPS) is 41.7. The molecule has 1 aromatic heterocycles. The molecule has 0 amide bonds. The van der Waals surface area contributed by atoms with Crippen LogP contribution in [0.3, 0.4) is 0 Å². The Morgan fingerprint density at radius 3 is 2.37 bits per heavy atom. The summed E-state index contributed by atoms with van der Waals surface area (Å²) in [5, 5.41) is 0. The molecule has 19 heavy (non-hydrogen) atoms. The highest BCUT2D eigenvalue weighted by atomic mass is 15.1. The van der Waals surface area contributed by atoms with Crippen LogP contribution in [0.2, 0.25) is 0 Å². The Morgan fingerprint density at radius 2 is 1.84 bits per heavy atom. The van der Waals surface area contributed by atoms with Gasteiger partial charge in [0.05, 0.1) is 0 Å². The van der Waals surface area contributed by atoms with E-state index in [9.17, 15) is 0 Å². The van der Waals surface area contributed by atoms with Crippen molar-refractivity contribution in [2.75, 3.05) is 6.54 Å². The molecule has 104 valence electrons. The average Bonchev–Trinajstić information content (AvgIpc) is 2.86. The lowest BCUT2D eigenvalue weighted by Gasteiger charge is -2.56. The van der Waals surface area contributed by atoms with Gasteiger partial charge in [-0.3, -0.25) is 0 Å². The summed E-state index contributed by atoms with van der Waals surface area (Å²) in [6.45, 7) is 2.92. The average molecular weight is 259 g/mol. The maximum absolute atomic E-state index is 5.88. The summed E-state index contributed by atoms with van der Waals surface area (Å²) in [7, 11) is 0. The van der Waals surface area contributed by atoms with Crippen molar-refractivity contribution >= 4 is 0 Å². The number of nitrogens with two attached hydrogens (primary N) is 1. The van der Waals surface area contributed by atoms with E-state index < -0.39 is 0 Å². The summed E-state index contributed by atoms with van der Waals surface area (Å²) in [5.74, 6) is 4.28. The molecule has 4 aliphatic carbocycles. The zero-order chi connectivity index (χ0) is 13.0. The number of nitrogens with zero attached hydrogens (tertiary/aromatic N) is 2. The minimum atomic E-state index is 0.380. The molecule has 4 aliphatic rings. The SMILES string of the molecule is CC(CN)n1ccnc1C12CC3CC(CC(C3)C1)C2. The first-order chi connectivity index (χ1) is 9.20. The molecule has 1 aromatic rings. The predicted octanol–water partition coefficient (Wildman–Crippen LogP) is 2.87. The molecule has 4 fully saturated rings. The molecule has 0 aromatic carbocycles. The van der Waals surface area contributed by atoms with Crippen molar-refractivity contribution in [1.82, 2.24) is 9.55 Å². The van der Waals surface area contributed by atoms with E-state index in [4.69, 9.17) is 10.7 Å². The Bertz CT molecular complexity index is 441. The Hall–Kier alpha value is -0.830. The number of imidazole rings is 1. The summed E-state index contributed by atoms with van der Waals surface area (Å²) in [5.41, 5.74) is 6.27. The Kier molecular flexibility index (Phi) is 2.57. The van der Waals surface area contributed by atoms with Crippen molar-refractivity contribution in [3.8, 4) is 0 Å². The molecule has 4 saturated carbocycles. The minimum Gasteiger partial charge on any atom is -0.330 e. The van der Waals surface area contributed by atoms with Gasteiger partial charge in [-0.25, -0.2) is 4.98 Å². The van der Waals surface area contributed by atoms with Crippen LogP contribution in [0, 0.1) is 17.8 Å². The van der Waals surface area contributed by atoms with Crippen LogP contribution in [0.25, 0.3) is 0 Å². The van der Waals surface area contributed by atoms with E-state index in [2.05, 4.69) is 17.7 Å².